The van der Waals surface area contributed by atoms with Crippen LogP contribution >= 0.6 is 0 Å². The lowest BCUT2D eigenvalue weighted by Crippen LogP contribution is -2.04. The Balaban J connectivity index is 2.09. The topological polar surface area (TPSA) is 115 Å². The minimum absolute atomic E-state index is 0.143. The van der Waals surface area contributed by atoms with Gasteiger partial charge in [-0.15, -0.1) is 0 Å². The van der Waals surface area contributed by atoms with E-state index in [0.717, 1.165) is 16.3 Å². The number of aliphatic hydroxyl groups is 1. The van der Waals surface area contributed by atoms with E-state index in [4.69, 9.17) is 10.2 Å². The number of fused-ring (bicyclic) bond motifs is 1. The summed E-state index contributed by atoms with van der Waals surface area (Å²) in [5.41, 5.74) is 1.43. The molecule has 0 bridgehead atoms. The summed E-state index contributed by atoms with van der Waals surface area (Å²) in [6, 6.07) is 8.72. The highest BCUT2D eigenvalue weighted by Gasteiger charge is 2.17. The Bertz CT molecular complexity index is 1120. The number of aliphatic carboxylic acids is 1. The third kappa shape index (κ3) is 6.29. The first-order chi connectivity index (χ1) is 14.7. The third-order valence-corrected chi connectivity index (χ3v) is 4.55. The van der Waals surface area contributed by atoms with Gasteiger partial charge < -0.3 is 20.4 Å². The molecule has 0 aromatic heterocycles. The zero-order chi connectivity index (χ0) is 23.0. The van der Waals surface area contributed by atoms with Crippen LogP contribution < -0.4 is 0 Å². The van der Waals surface area contributed by atoms with Crippen LogP contribution in [0.25, 0.3) is 10.8 Å². The lowest BCUT2D eigenvalue weighted by Gasteiger charge is -2.13. The van der Waals surface area contributed by atoms with Crippen molar-refractivity contribution in [2.24, 2.45) is 0 Å². The van der Waals surface area contributed by atoms with Gasteiger partial charge in [0, 0.05) is 5.56 Å². The molecule has 0 atom stereocenters. The second kappa shape index (κ2) is 10.8. The monoisotopic (exact) mass is 420 g/mol. The summed E-state index contributed by atoms with van der Waals surface area (Å²) in [5, 5.41) is 39.2. The number of allylic oxidation sites excluding steroid dienone is 7. The Hall–Kier alpha value is -3.90. The van der Waals surface area contributed by atoms with Gasteiger partial charge >= 0.3 is 11.9 Å². The maximum Gasteiger partial charge on any atom is 0.339 e. The number of benzene rings is 2. The van der Waals surface area contributed by atoms with Crippen LogP contribution in [-0.4, -0.2) is 39.0 Å². The predicted molar refractivity (Wildman–Crippen MR) is 120 cm³/mol. The molecule has 0 amide bonds. The number of carboxylic acid groups (broad SMARTS) is 2. The van der Waals surface area contributed by atoms with E-state index in [0.29, 0.717) is 24.0 Å². The molecule has 0 saturated heterocycles. The number of aliphatic hydroxyl groups excluding tert-OH is 1. The van der Waals surface area contributed by atoms with Crippen LogP contribution in [0.4, 0.5) is 0 Å². The molecule has 2 rings (SSSR count). The maximum atomic E-state index is 11.5. The van der Waals surface area contributed by atoms with Gasteiger partial charge in [0.05, 0.1) is 12.2 Å². The van der Waals surface area contributed by atoms with E-state index < -0.39 is 18.5 Å². The lowest BCUT2D eigenvalue weighted by molar-refractivity contribution is -0.133. The summed E-state index contributed by atoms with van der Waals surface area (Å²) in [6.45, 7) is 7.15. The standard InChI is InChI=1S/C25H24O6/c1-16(12-19(15-26)24(28)29)8-4-3-5-9-17(2)13-21-20-11-7-6-10-18(20)14-22(23(21)27)25(30)31/h3-8,10-12,14,26-27H,1-2,9,13,15H2,(H,28,29)(H,30,31)/b5-3-,8-4-,19-12+. The summed E-state index contributed by atoms with van der Waals surface area (Å²) in [7, 11) is 0. The minimum Gasteiger partial charge on any atom is -0.507 e. The Morgan fingerprint density at radius 1 is 1.06 bits per heavy atom. The molecule has 4 N–H and O–H groups in total. The highest BCUT2D eigenvalue weighted by Crippen LogP contribution is 2.33. The average molecular weight is 420 g/mol. The summed E-state index contributed by atoms with van der Waals surface area (Å²) in [4.78, 5) is 22.3. The molecule has 0 saturated carbocycles. The van der Waals surface area contributed by atoms with Gasteiger partial charge in [0.25, 0.3) is 0 Å². The quantitative estimate of drug-likeness (QED) is 0.257. The highest BCUT2D eigenvalue weighted by atomic mass is 16.4. The Morgan fingerprint density at radius 2 is 1.77 bits per heavy atom. The van der Waals surface area contributed by atoms with E-state index in [1.54, 1.807) is 24.3 Å². The van der Waals surface area contributed by atoms with Gasteiger partial charge in [0.2, 0.25) is 0 Å². The molecule has 0 aliphatic carbocycles. The lowest BCUT2D eigenvalue weighted by atomic mass is 9.94. The first-order valence-corrected chi connectivity index (χ1v) is 9.45. The van der Waals surface area contributed by atoms with E-state index in [-0.39, 0.29) is 16.9 Å². The number of rotatable bonds is 10. The molecule has 0 aliphatic rings. The van der Waals surface area contributed by atoms with Crippen LogP contribution in [0, 0.1) is 0 Å². The Kier molecular flexibility index (Phi) is 8.11. The third-order valence-electron chi connectivity index (χ3n) is 4.55. The molecule has 6 nitrogen and oxygen atoms in total. The Morgan fingerprint density at radius 3 is 2.42 bits per heavy atom. The predicted octanol–water partition coefficient (Wildman–Crippen LogP) is 4.40. The smallest absolute Gasteiger partial charge is 0.339 e. The van der Waals surface area contributed by atoms with Crippen molar-refractivity contribution in [1.82, 2.24) is 0 Å². The molecule has 0 unspecified atom stereocenters. The van der Waals surface area contributed by atoms with Crippen molar-refractivity contribution in [3.8, 4) is 5.75 Å². The number of hydrogen-bond acceptors (Lipinski definition) is 4. The van der Waals surface area contributed by atoms with Crippen molar-refractivity contribution in [2.45, 2.75) is 12.8 Å². The molecule has 0 heterocycles. The largest absolute Gasteiger partial charge is 0.507 e. The zero-order valence-corrected chi connectivity index (χ0v) is 16.9. The van der Waals surface area contributed by atoms with Gasteiger partial charge in [-0.05, 0) is 41.3 Å². The number of aromatic carboxylic acids is 1. The maximum absolute atomic E-state index is 11.5. The molecule has 2 aromatic rings. The fraction of sp³-hybridized carbons (Fsp3) is 0.120. The molecule has 0 aliphatic heterocycles. The minimum atomic E-state index is -1.20. The van der Waals surface area contributed by atoms with E-state index in [2.05, 4.69) is 13.2 Å². The van der Waals surface area contributed by atoms with E-state index in [9.17, 15) is 19.8 Å². The second-order valence-corrected chi connectivity index (χ2v) is 6.90. The van der Waals surface area contributed by atoms with Crippen molar-refractivity contribution in [2.75, 3.05) is 6.61 Å². The molecule has 2 aromatic carbocycles. The van der Waals surface area contributed by atoms with Crippen molar-refractivity contribution in [3.05, 3.63) is 102 Å². The number of phenols is 1. The molecule has 0 spiro atoms. The van der Waals surface area contributed by atoms with Crippen LogP contribution in [0.5, 0.6) is 5.75 Å². The summed E-state index contributed by atoms with van der Waals surface area (Å²) in [5.74, 6) is -2.65. The zero-order valence-electron chi connectivity index (χ0n) is 16.9. The van der Waals surface area contributed by atoms with Gasteiger partial charge in [-0.1, -0.05) is 67.3 Å². The van der Waals surface area contributed by atoms with Gasteiger partial charge in [-0.2, -0.15) is 0 Å². The van der Waals surface area contributed by atoms with E-state index >= 15 is 0 Å². The molecular formula is C25H24O6. The molecular weight excluding hydrogens is 396 g/mol. The van der Waals surface area contributed by atoms with Crippen LogP contribution in [0.3, 0.4) is 0 Å². The number of carboxylic acids is 2. The summed E-state index contributed by atoms with van der Waals surface area (Å²) < 4.78 is 0. The van der Waals surface area contributed by atoms with Crippen LogP contribution in [-0.2, 0) is 11.2 Å². The SMILES string of the molecule is C=C(/C=C\C=C/CC(=C)Cc1c(O)c(C(=O)O)cc2ccccc12)/C=C(\CO)C(=O)O. The van der Waals surface area contributed by atoms with Crippen LogP contribution in [0.1, 0.15) is 22.3 Å². The fourth-order valence-electron chi connectivity index (χ4n) is 3.02. The van der Waals surface area contributed by atoms with E-state index in [1.807, 2.05) is 24.3 Å². The number of hydrogen-bond donors (Lipinski definition) is 4. The highest BCUT2D eigenvalue weighted by molar-refractivity contribution is 5.99. The van der Waals surface area contributed by atoms with Gasteiger partial charge in [-0.25, -0.2) is 9.59 Å². The second-order valence-electron chi connectivity index (χ2n) is 6.90. The fourth-order valence-corrected chi connectivity index (χ4v) is 3.02. The molecule has 0 radical (unpaired) electrons. The Labute approximate surface area is 180 Å². The summed E-state index contributed by atoms with van der Waals surface area (Å²) >= 11 is 0. The number of carbonyl (C=O) groups is 2. The normalized spacial score (nSPS) is 12.0. The van der Waals surface area contributed by atoms with Gasteiger partial charge in [0.15, 0.2) is 0 Å². The van der Waals surface area contributed by atoms with Crippen molar-refractivity contribution in [1.29, 1.82) is 0 Å². The van der Waals surface area contributed by atoms with Crippen molar-refractivity contribution >= 4 is 22.7 Å². The van der Waals surface area contributed by atoms with Crippen LogP contribution in [0.15, 0.2) is 90.6 Å². The first-order valence-electron chi connectivity index (χ1n) is 9.45. The number of aromatic hydroxyl groups is 1. The molecule has 160 valence electrons. The van der Waals surface area contributed by atoms with Gasteiger partial charge in [-0.3, -0.25) is 0 Å². The molecule has 31 heavy (non-hydrogen) atoms. The summed E-state index contributed by atoms with van der Waals surface area (Å²) in [6.07, 6.45) is 8.96. The molecule has 0 fully saturated rings. The van der Waals surface area contributed by atoms with Crippen LogP contribution in [0.2, 0.25) is 0 Å². The van der Waals surface area contributed by atoms with Crippen molar-refractivity contribution in [3.63, 3.8) is 0 Å². The molecule has 6 heteroatoms. The van der Waals surface area contributed by atoms with E-state index in [1.165, 1.54) is 12.1 Å². The average Bonchev–Trinajstić information content (AvgIpc) is 2.73. The van der Waals surface area contributed by atoms with Crippen molar-refractivity contribution < 1.29 is 30.0 Å². The first kappa shape index (κ1) is 23.4. The van der Waals surface area contributed by atoms with Gasteiger partial charge in [0.1, 0.15) is 11.3 Å².